The largest absolute Gasteiger partial charge is 0.366 e. The van der Waals surface area contributed by atoms with Gasteiger partial charge < -0.3 is 5.73 Å². The number of hydrogen-bond acceptors (Lipinski definition) is 5. The number of aryl methyl sites for hydroxylation is 2. The van der Waals surface area contributed by atoms with Gasteiger partial charge in [0.15, 0.2) is 11.6 Å². The first-order valence-electron chi connectivity index (χ1n) is 8.01. The Bertz CT molecular complexity index is 1010. The van der Waals surface area contributed by atoms with Crippen molar-refractivity contribution in [2.75, 3.05) is 0 Å². The van der Waals surface area contributed by atoms with Crippen LogP contribution in [-0.4, -0.2) is 37.1 Å². The van der Waals surface area contributed by atoms with Crippen LogP contribution in [0.25, 0.3) is 22.9 Å². The standard InChI is InChI=1S/C17H17N7O/c1-3-24-14(4-9(2)23-24)17-20-16(21-22-17)12-6-10(15(18)25)5-11-7-19-8-13(11)12/h4-6,8H,3,7H2,1-2H3,(H2,18,25)(H,20,21,22). The second-order valence-electron chi connectivity index (χ2n) is 5.92. The molecule has 2 aromatic heterocycles. The molecule has 4 rings (SSSR count). The monoisotopic (exact) mass is 335 g/mol. The van der Waals surface area contributed by atoms with E-state index in [1.807, 2.05) is 24.6 Å². The van der Waals surface area contributed by atoms with Crippen molar-refractivity contribution in [2.45, 2.75) is 26.9 Å². The Kier molecular flexibility index (Phi) is 3.45. The first-order chi connectivity index (χ1) is 12.1. The predicted octanol–water partition coefficient (Wildman–Crippen LogP) is 1.69. The van der Waals surface area contributed by atoms with Crippen molar-refractivity contribution in [2.24, 2.45) is 10.7 Å². The van der Waals surface area contributed by atoms with Gasteiger partial charge in [-0.3, -0.25) is 19.6 Å². The van der Waals surface area contributed by atoms with Gasteiger partial charge in [0.05, 0.1) is 12.2 Å². The minimum Gasteiger partial charge on any atom is -0.366 e. The van der Waals surface area contributed by atoms with E-state index in [1.54, 1.807) is 18.3 Å². The van der Waals surface area contributed by atoms with Crippen molar-refractivity contribution in [1.82, 2.24) is 25.0 Å². The van der Waals surface area contributed by atoms with Crippen LogP contribution in [0, 0.1) is 6.92 Å². The molecule has 0 aliphatic carbocycles. The minimum atomic E-state index is -0.480. The molecule has 3 aromatic rings. The van der Waals surface area contributed by atoms with E-state index in [4.69, 9.17) is 5.73 Å². The topological polar surface area (TPSA) is 115 Å². The summed E-state index contributed by atoms with van der Waals surface area (Å²) >= 11 is 0. The summed E-state index contributed by atoms with van der Waals surface area (Å²) in [6.07, 6.45) is 1.78. The van der Waals surface area contributed by atoms with Crippen LogP contribution in [0.5, 0.6) is 0 Å². The van der Waals surface area contributed by atoms with Crippen molar-refractivity contribution in [1.29, 1.82) is 0 Å². The molecule has 1 amide bonds. The van der Waals surface area contributed by atoms with Gasteiger partial charge in [0, 0.05) is 29.4 Å². The highest BCUT2D eigenvalue weighted by molar-refractivity contribution is 5.99. The van der Waals surface area contributed by atoms with Crippen LogP contribution in [0.4, 0.5) is 0 Å². The number of primary amides is 1. The number of amides is 1. The lowest BCUT2D eigenvalue weighted by Crippen LogP contribution is -2.12. The molecule has 8 nitrogen and oxygen atoms in total. The molecule has 0 spiro atoms. The number of benzene rings is 1. The van der Waals surface area contributed by atoms with Crippen LogP contribution < -0.4 is 5.73 Å². The van der Waals surface area contributed by atoms with E-state index in [1.165, 1.54) is 0 Å². The molecular formula is C17H17N7O. The highest BCUT2D eigenvalue weighted by atomic mass is 16.1. The SMILES string of the molecule is CCn1nc(C)cc1-c1nc(-c2cc(C(N)=O)cc3c2C=NC3)n[nH]1. The summed E-state index contributed by atoms with van der Waals surface area (Å²) in [5.41, 5.74) is 10.3. The molecule has 25 heavy (non-hydrogen) atoms. The van der Waals surface area contributed by atoms with Gasteiger partial charge in [-0.1, -0.05) is 0 Å². The number of fused-ring (bicyclic) bond motifs is 1. The van der Waals surface area contributed by atoms with E-state index in [0.29, 0.717) is 23.8 Å². The van der Waals surface area contributed by atoms with Gasteiger partial charge in [-0.05, 0) is 37.6 Å². The van der Waals surface area contributed by atoms with Crippen LogP contribution >= 0.6 is 0 Å². The molecule has 3 N–H and O–H groups in total. The average Bonchev–Trinajstić information content (AvgIpc) is 3.32. The summed E-state index contributed by atoms with van der Waals surface area (Å²) in [5, 5.41) is 11.7. The molecule has 126 valence electrons. The van der Waals surface area contributed by atoms with Gasteiger partial charge in [-0.25, -0.2) is 4.98 Å². The number of carbonyl (C=O) groups excluding carboxylic acids is 1. The first kappa shape index (κ1) is 15.3. The van der Waals surface area contributed by atoms with Crippen LogP contribution in [0.15, 0.2) is 23.2 Å². The maximum absolute atomic E-state index is 11.6. The molecule has 1 aliphatic rings. The number of hydrogen-bond donors (Lipinski definition) is 2. The van der Waals surface area contributed by atoms with Crippen molar-refractivity contribution in [3.8, 4) is 22.9 Å². The fraction of sp³-hybridized carbons (Fsp3) is 0.235. The van der Waals surface area contributed by atoms with Gasteiger partial charge in [-0.2, -0.15) is 10.2 Å². The Hall–Kier alpha value is -3.29. The molecule has 3 heterocycles. The van der Waals surface area contributed by atoms with Crippen LogP contribution in [-0.2, 0) is 13.1 Å². The van der Waals surface area contributed by atoms with Gasteiger partial charge in [0.1, 0.15) is 5.69 Å². The smallest absolute Gasteiger partial charge is 0.248 e. The third kappa shape index (κ3) is 2.51. The summed E-state index contributed by atoms with van der Waals surface area (Å²) in [5.74, 6) is 0.654. The zero-order valence-electron chi connectivity index (χ0n) is 13.9. The summed E-state index contributed by atoms with van der Waals surface area (Å²) in [7, 11) is 0. The molecule has 1 aromatic carbocycles. The molecule has 0 bridgehead atoms. The summed E-state index contributed by atoms with van der Waals surface area (Å²) in [4.78, 5) is 20.5. The van der Waals surface area contributed by atoms with Crippen LogP contribution in [0.3, 0.4) is 0 Å². The van der Waals surface area contributed by atoms with Crippen molar-refractivity contribution >= 4 is 12.1 Å². The maximum atomic E-state index is 11.6. The van der Waals surface area contributed by atoms with Gasteiger partial charge >= 0.3 is 0 Å². The Balaban J connectivity index is 1.83. The summed E-state index contributed by atoms with van der Waals surface area (Å²) in [6, 6.07) is 5.45. The Labute approximate surface area is 143 Å². The quantitative estimate of drug-likeness (QED) is 0.755. The number of rotatable bonds is 4. The highest BCUT2D eigenvalue weighted by Crippen LogP contribution is 2.29. The van der Waals surface area contributed by atoms with E-state index in [0.717, 1.165) is 34.6 Å². The molecular weight excluding hydrogens is 318 g/mol. The number of aromatic amines is 1. The number of aromatic nitrogens is 5. The van der Waals surface area contributed by atoms with Crippen LogP contribution in [0.1, 0.15) is 34.1 Å². The number of aliphatic imine (C=N–C) groups is 1. The lowest BCUT2D eigenvalue weighted by atomic mass is 9.99. The summed E-state index contributed by atoms with van der Waals surface area (Å²) < 4.78 is 1.87. The normalized spacial score (nSPS) is 12.6. The minimum absolute atomic E-state index is 0.431. The van der Waals surface area contributed by atoms with Gasteiger partial charge in [-0.15, -0.1) is 0 Å². The number of H-pyrrole nitrogens is 1. The van der Waals surface area contributed by atoms with E-state index in [9.17, 15) is 4.79 Å². The highest BCUT2D eigenvalue weighted by Gasteiger charge is 2.20. The van der Waals surface area contributed by atoms with E-state index < -0.39 is 5.91 Å². The maximum Gasteiger partial charge on any atom is 0.248 e. The Morgan fingerprint density at radius 3 is 2.96 bits per heavy atom. The fourth-order valence-electron chi connectivity index (χ4n) is 3.03. The van der Waals surface area contributed by atoms with E-state index >= 15 is 0 Å². The Morgan fingerprint density at radius 2 is 2.20 bits per heavy atom. The zero-order valence-corrected chi connectivity index (χ0v) is 13.9. The Morgan fingerprint density at radius 1 is 1.36 bits per heavy atom. The number of nitrogens with two attached hydrogens (primary N) is 1. The molecule has 0 saturated carbocycles. The number of nitrogens with one attached hydrogen (secondary N) is 1. The molecule has 1 aliphatic heterocycles. The lowest BCUT2D eigenvalue weighted by molar-refractivity contribution is 0.1000. The second kappa shape index (κ2) is 5.66. The summed E-state index contributed by atoms with van der Waals surface area (Å²) in [6.45, 7) is 5.22. The molecule has 0 atom stereocenters. The molecule has 8 heteroatoms. The number of carbonyl (C=O) groups is 1. The van der Waals surface area contributed by atoms with E-state index in [-0.39, 0.29) is 0 Å². The van der Waals surface area contributed by atoms with E-state index in [2.05, 4.69) is 25.3 Å². The van der Waals surface area contributed by atoms with Crippen molar-refractivity contribution < 1.29 is 4.79 Å². The zero-order chi connectivity index (χ0) is 17.6. The third-order valence-corrected chi connectivity index (χ3v) is 4.20. The van der Waals surface area contributed by atoms with Crippen LogP contribution in [0.2, 0.25) is 0 Å². The average molecular weight is 335 g/mol. The molecule has 0 unspecified atom stereocenters. The van der Waals surface area contributed by atoms with Gasteiger partial charge in [0.25, 0.3) is 0 Å². The predicted molar refractivity (Wildman–Crippen MR) is 93.3 cm³/mol. The van der Waals surface area contributed by atoms with Crippen molar-refractivity contribution in [3.05, 3.63) is 40.6 Å². The third-order valence-electron chi connectivity index (χ3n) is 4.20. The van der Waals surface area contributed by atoms with Crippen molar-refractivity contribution in [3.63, 3.8) is 0 Å². The number of nitrogens with zero attached hydrogens (tertiary/aromatic N) is 5. The second-order valence-corrected chi connectivity index (χ2v) is 5.92. The lowest BCUT2D eigenvalue weighted by Gasteiger charge is -2.06. The van der Waals surface area contributed by atoms with Gasteiger partial charge in [0.2, 0.25) is 5.91 Å². The molecule has 0 radical (unpaired) electrons. The molecule has 0 fully saturated rings. The molecule has 0 saturated heterocycles. The fourth-order valence-corrected chi connectivity index (χ4v) is 3.03. The first-order valence-corrected chi connectivity index (χ1v) is 8.01.